The second kappa shape index (κ2) is 8.37. The number of nitriles is 1. The third-order valence-electron chi connectivity index (χ3n) is 4.62. The third-order valence-corrected chi connectivity index (χ3v) is 5.00. The van der Waals surface area contributed by atoms with Gasteiger partial charge in [0, 0.05) is 13.0 Å². The van der Waals surface area contributed by atoms with Gasteiger partial charge in [0.25, 0.3) is 0 Å². The van der Waals surface area contributed by atoms with E-state index in [-0.39, 0.29) is 5.91 Å². The number of hydrogen-bond donors (Lipinski definition) is 1. The van der Waals surface area contributed by atoms with Gasteiger partial charge in [-0.25, -0.2) is 0 Å². The zero-order valence-corrected chi connectivity index (χ0v) is 15.7. The van der Waals surface area contributed by atoms with Crippen LogP contribution in [0.2, 0.25) is 5.02 Å². The van der Waals surface area contributed by atoms with Gasteiger partial charge < -0.3 is 5.32 Å². The largest absolute Gasteiger partial charge is 0.309 e. The molecule has 0 unspecified atom stereocenters. The van der Waals surface area contributed by atoms with Crippen molar-refractivity contribution in [2.75, 3.05) is 5.32 Å². The topological polar surface area (TPSA) is 88.5 Å². The Bertz CT molecular complexity index is 832. The van der Waals surface area contributed by atoms with E-state index >= 15 is 0 Å². The van der Waals surface area contributed by atoms with Crippen molar-refractivity contribution in [3.05, 3.63) is 22.5 Å². The van der Waals surface area contributed by atoms with Gasteiger partial charge >= 0.3 is 0 Å². The smallest absolute Gasteiger partial charge is 0.225 e. The second-order valence-electron chi connectivity index (χ2n) is 6.55. The molecule has 3 heterocycles. The first kappa shape index (κ1) is 18.5. The van der Waals surface area contributed by atoms with E-state index in [1.54, 1.807) is 0 Å². The Kier molecular flexibility index (Phi) is 5.94. The molecular formula is C18H23ClN6O. The number of carbonyl (C=O) groups excluding carboxylic acids is 1. The summed E-state index contributed by atoms with van der Waals surface area (Å²) in [5.41, 5.74) is 1.28. The summed E-state index contributed by atoms with van der Waals surface area (Å²) in [6.45, 7) is 2.95. The normalized spacial score (nSPS) is 13.3. The lowest BCUT2D eigenvalue weighted by Crippen LogP contribution is -2.16. The highest BCUT2D eigenvalue weighted by atomic mass is 35.5. The van der Waals surface area contributed by atoms with Crippen LogP contribution in [-0.2, 0) is 17.8 Å². The summed E-state index contributed by atoms with van der Waals surface area (Å²) in [7, 11) is 0. The SMILES string of the molecule is CCCCCCC(=O)Nc1c(C#N)cnn1-c1nn2c(c1Cl)CCCC2. The van der Waals surface area contributed by atoms with Crippen molar-refractivity contribution in [2.24, 2.45) is 0 Å². The van der Waals surface area contributed by atoms with E-state index in [9.17, 15) is 10.1 Å². The minimum atomic E-state index is -0.126. The molecule has 138 valence electrons. The standard InChI is InChI=1S/C18H23ClN6O/c1-2-3-4-5-9-15(26)22-17-13(11-20)12-21-25(17)18-16(19)14-8-6-7-10-24(14)23-18/h12H,2-10H2,1H3,(H,22,26). The Hall–Kier alpha value is -2.33. The number of anilines is 1. The summed E-state index contributed by atoms with van der Waals surface area (Å²) in [6.07, 6.45) is 8.95. The van der Waals surface area contributed by atoms with Crippen LogP contribution in [0.3, 0.4) is 0 Å². The van der Waals surface area contributed by atoms with Crippen molar-refractivity contribution >= 4 is 23.3 Å². The molecule has 0 radical (unpaired) electrons. The Morgan fingerprint density at radius 3 is 2.96 bits per heavy atom. The number of amides is 1. The van der Waals surface area contributed by atoms with E-state index in [0.29, 0.717) is 28.6 Å². The third kappa shape index (κ3) is 3.75. The lowest BCUT2D eigenvalue weighted by atomic mass is 10.1. The Morgan fingerprint density at radius 2 is 2.23 bits per heavy atom. The van der Waals surface area contributed by atoms with Crippen LogP contribution in [0.1, 0.15) is 63.1 Å². The van der Waals surface area contributed by atoms with Gasteiger partial charge in [-0.3, -0.25) is 9.48 Å². The molecule has 1 N–H and O–H groups in total. The van der Waals surface area contributed by atoms with E-state index in [1.807, 2.05) is 4.68 Å². The molecule has 26 heavy (non-hydrogen) atoms. The quantitative estimate of drug-likeness (QED) is 0.745. The molecule has 0 saturated heterocycles. The van der Waals surface area contributed by atoms with Gasteiger partial charge in [-0.15, -0.1) is 0 Å². The molecule has 8 heteroatoms. The molecule has 3 rings (SSSR count). The van der Waals surface area contributed by atoms with Crippen LogP contribution >= 0.6 is 11.6 Å². The average molecular weight is 375 g/mol. The van der Waals surface area contributed by atoms with Gasteiger partial charge in [0.1, 0.15) is 16.7 Å². The number of hydrogen-bond acceptors (Lipinski definition) is 4. The summed E-state index contributed by atoms with van der Waals surface area (Å²) in [6, 6.07) is 2.07. The van der Waals surface area contributed by atoms with Crippen LogP contribution in [0.25, 0.3) is 5.82 Å². The molecule has 2 aromatic heterocycles. The number of fused-ring (bicyclic) bond motifs is 1. The predicted octanol–water partition coefficient (Wildman–Crippen LogP) is 3.84. The number of nitrogens with zero attached hydrogens (tertiary/aromatic N) is 5. The molecule has 0 bridgehead atoms. The summed E-state index contributed by atoms with van der Waals surface area (Å²) >= 11 is 6.52. The fourth-order valence-corrected chi connectivity index (χ4v) is 3.50. The molecule has 0 saturated carbocycles. The lowest BCUT2D eigenvalue weighted by Gasteiger charge is -2.12. The summed E-state index contributed by atoms with van der Waals surface area (Å²) < 4.78 is 3.36. The maximum Gasteiger partial charge on any atom is 0.225 e. The van der Waals surface area contributed by atoms with E-state index < -0.39 is 0 Å². The first-order valence-electron chi connectivity index (χ1n) is 9.19. The number of unbranched alkanes of at least 4 members (excludes halogenated alkanes) is 3. The fraction of sp³-hybridized carbons (Fsp3) is 0.556. The van der Waals surface area contributed by atoms with Crippen LogP contribution in [0.15, 0.2) is 6.20 Å². The van der Waals surface area contributed by atoms with Crippen molar-refractivity contribution in [1.82, 2.24) is 19.6 Å². The van der Waals surface area contributed by atoms with Crippen molar-refractivity contribution < 1.29 is 4.79 Å². The molecule has 0 spiro atoms. The highest BCUT2D eigenvalue weighted by Crippen LogP contribution is 2.31. The summed E-state index contributed by atoms with van der Waals surface area (Å²) in [5.74, 6) is 0.677. The summed E-state index contributed by atoms with van der Waals surface area (Å²) in [5, 5.41) is 21.5. The maximum absolute atomic E-state index is 12.3. The first-order valence-corrected chi connectivity index (χ1v) is 9.57. The second-order valence-corrected chi connectivity index (χ2v) is 6.93. The number of carbonyl (C=O) groups is 1. The van der Waals surface area contributed by atoms with Crippen molar-refractivity contribution in [3.63, 3.8) is 0 Å². The highest BCUT2D eigenvalue weighted by Gasteiger charge is 2.24. The zero-order valence-electron chi connectivity index (χ0n) is 15.0. The van der Waals surface area contributed by atoms with E-state index in [2.05, 4.69) is 28.5 Å². The number of rotatable bonds is 7. The molecular weight excluding hydrogens is 352 g/mol. The molecule has 1 amide bonds. The molecule has 0 fully saturated rings. The fourth-order valence-electron chi connectivity index (χ4n) is 3.19. The molecule has 0 atom stereocenters. The van der Waals surface area contributed by atoms with Gasteiger partial charge in [0.15, 0.2) is 11.6 Å². The highest BCUT2D eigenvalue weighted by molar-refractivity contribution is 6.33. The Morgan fingerprint density at radius 1 is 1.38 bits per heavy atom. The summed E-state index contributed by atoms with van der Waals surface area (Å²) in [4.78, 5) is 12.3. The molecule has 0 aliphatic carbocycles. The van der Waals surface area contributed by atoms with Gasteiger partial charge in [-0.2, -0.15) is 20.1 Å². The van der Waals surface area contributed by atoms with Crippen LogP contribution in [0.4, 0.5) is 5.82 Å². The van der Waals surface area contributed by atoms with E-state index in [4.69, 9.17) is 11.6 Å². The lowest BCUT2D eigenvalue weighted by molar-refractivity contribution is -0.116. The number of nitrogens with one attached hydrogen (secondary N) is 1. The number of aryl methyl sites for hydroxylation is 1. The Balaban J connectivity index is 1.84. The van der Waals surface area contributed by atoms with Gasteiger partial charge in [0.05, 0.1) is 11.9 Å². The minimum Gasteiger partial charge on any atom is -0.309 e. The van der Waals surface area contributed by atoms with Gasteiger partial charge in [-0.05, 0) is 25.7 Å². The van der Waals surface area contributed by atoms with Crippen LogP contribution < -0.4 is 5.32 Å². The van der Waals surface area contributed by atoms with Crippen molar-refractivity contribution in [3.8, 4) is 11.9 Å². The van der Waals surface area contributed by atoms with Crippen LogP contribution in [0, 0.1) is 11.3 Å². The zero-order chi connectivity index (χ0) is 18.5. The molecule has 7 nitrogen and oxygen atoms in total. The molecule has 1 aliphatic heterocycles. The Labute approximate surface area is 157 Å². The first-order chi connectivity index (χ1) is 12.7. The van der Waals surface area contributed by atoms with E-state index in [0.717, 1.165) is 57.2 Å². The monoisotopic (exact) mass is 374 g/mol. The van der Waals surface area contributed by atoms with Crippen molar-refractivity contribution in [2.45, 2.75) is 64.8 Å². The van der Waals surface area contributed by atoms with Crippen LogP contribution in [-0.4, -0.2) is 25.5 Å². The van der Waals surface area contributed by atoms with Gasteiger partial charge in [0.2, 0.25) is 5.91 Å². The maximum atomic E-state index is 12.3. The number of halogens is 1. The van der Waals surface area contributed by atoms with E-state index in [1.165, 1.54) is 10.9 Å². The average Bonchev–Trinajstić information content (AvgIpc) is 3.20. The molecule has 0 aromatic carbocycles. The van der Waals surface area contributed by atoms with Gasteiger partial charge in [-0.1, -0.05) is 37.8 Å². The van der Waals surface area contributed by atoms with Crippen LogP contribution in [0.5, 0.6) is 0 Å². The van der Waals surface area contributed by atoms with Crippen molar-refractivity contribution in [1.29, 1.82) is 5.26 Å². The molecule has 1 aliphatic rings. The molecule has 2 aromatic rings. The number of aromatic nitrogens is 4. The predicted molar refractivity (Wildman–Crippen MR) is 99.4 cm³/mol. The minimum absolute atomic E-state index is 0.126.